The molecule has 158 valence electrons. The Bertz CT molecular complexity index is 1090. The average Bonchev–Trinajstić information content (AvgIpc) is 2.77. The van der Waals surface area contributed by atoms with Crippen molar-refractivity contribution < 1.29 is 14.0 Å². The van der Waals surface area contributed by atoms with Crippen molar-refractivity contribution in [3.63, 3.8) is 0 Å². The molecule has 0 saturated heterocycles. The lowest BCUT2D eigenvalue weighted by Crippen LogP contribution is -2.38. The van der Waals surface area contributed by atoms with Gasteiger partial charge in [-0.05, 0) is 42.3 Å². The van der Waals surface area contributed by atoms with Crippen molar-refractivity contribution in [1.29, 1.82) is 0 Å². The summed E-state index contributed by atoms with van der Waals surface area (Å²) in [5.41, 5.74) is 4.53. The van der Waals surface area contributed by atoms with E-state index in [1.165, 1.54) is 12.3 Å². The third-order valence-electron chi connectivity index (χ3n) is 4.27. The van der Waals surface area contributed by atoms with E-state index in [1.54, 1.807) is 36.4 Å². The number of hydrogen-bond acceptors (Lipinski definition) is 4. The van der Waals surface area contributed by atoms with Crippen molar-refractivity contribution in [2.24, 2.45) is 5.10 Å². The molecule has 0 aliphatic carbocycles. The number of carbonyl (C=O) groups excluding carboxylic acids is 2. The Morgan fingerprint density at radius 3 is 2.45 bits per heavy atom. The van der Waals surface area contributed by atoms with Crippen LogP contribution in [0.4, 0.5) is 15.8 Å². The topological polar surface area (TPSA) is 82.6 Å². The lowest BCUT2D eigenvalue weighted by molar-refractivity contribution is -0.139. The van der Waals surface area contributed by atoms with Crippen LogP contribution in [0.15, 0.2) is 77.9 Å². The van der Waals surface area contributed by atoms with Crippen molar-refractivity contribution in [2.45, 2.75) is 6.42 Å². The number of hydrazone groups is 1. The van der Waals surface area contributed by atoms with Gasteiger partial charge in [-0.2, -0.15) is 5.10 Å². The van der Waals surface area contributed by atoms with Crippen LogP contribution in [0.25, 0.3) is 0 Å². The molecule has 0 radical (unpaired) electrons. The molecule has 0 fully saturated rings. The van der Waals surface area contributed by atoms with Gasteiger partial charge < -0.3 is 10.6 Å². The number of benzene rings is 3. The highest BCUT2D eigenvalue weighted by molar-refractivity contribution is 6.35. The first kappa shape index (κ1) is 22.0. The minimum absolute atomic E-state index is 0.279. The normalized spacial score (nSPS) is 10.6. The number of amides is 2. The second-order valence-corrected chi connectivity index (χ2v) is 6.96. The van der Waals surface area contributed by atoms with Crippen LogP contribution < -0.4 is 16.1 Å². The van der Waals surface area contributed by atoms with Crippen LogP contribution >= 0.6 is 11.6 Å². The fourth-order valence-corrected chi connectivity index (χ4v) is 2.90. The van der Waals surface area contributed by atoms with E-state index in [1.807, 2.05) is 30.3 Å². The molecule has 3 N–H and O–H groups in total. The summed E-state index contributed by atoms with van der Waals surface area (Å²) >= 11 is 6.04. The number of para-hydroxylation sites is 1. The summed E-state index contributed by atoms with van der Waals surface area (Å²) in [5, 5.41) is 9.75. The number of nitrogens with one attached hydrogen (secondary N) is 3. The van der Waals surface area contributed by atoms with Crippen molar-refractivity contribution in [3.8, 4) is 0 Å². The van der Waals surface area contributed by atoms with Crippen LogP contribution in [-0.4, -0.2) is 24.6 Å². The first-order valence-electron chi connectivity index (χ1n) is 9.49. The molecule has 0 heterocycles. The molecule has 0 spiro atoms. The monoisotopic (exact) mass is 438 g/mol. The second kappa shape index (κ2) is 10.9. The van der Waals surface area contributed by atoms with Crippen molar-refractivity contribution in [1.82, 2.24) is 10.7 Å². The lowest BCUT2D eigenvalue weighted by atomic mass is 10.1. The lowest BCUT2D eigenvalue weighted by Gasteiger charge is -2.10. The average molecular weight is 439 g/mol. The Labute approximate surface area is 184 Å². The third-order valence-corrected chi connectivity index (χ3v) is 4.51. The molecule has 2 amide bonds. The zero-order valence-electron chi connectivity index (χ0n) is 16.4. The minimum Gasteiger partial charge on any atom is -0.353 e. The van der Waals surface area contributed by atoms with Gasteiger partial charge in [-0.15, -0.1) is 0 Å². The van der Waals surface area contributed by atoms with E-state index in [-0.39, 0.29) is 5.69 Å². The number of halogens is 2. The van der Waals surface area contributed by atoms with Gasteiger partial charge in [-0.1, -0.05) is 54.1 Å². The molecule has 0 aromatic heterocycles. The fraction of sp³-hybridized carbons (Fsp3) is 0.0870. The van der Waals surface area contributed by atoms with E-state index < -0.39 is 17.6 Å². The molecule has 3 rings (SSSR count). The smallest absolute Gasteiger partial charge is 0.329 e. The molecule has 0 aliphatic heterocycles. The van der Waals surface area contributed by atoms with E-state index >= 15 is 0 Å². The first-order chi connectivity index (χ1) is 15.0. The van der Waals surface area contributed by atoms with E-state index in [4.69, 9.17) is 11.6 Å². The Kier molecular flexibility index (Phi) is 7.73. The Balaban J connectivity index is 1.57. The maximum absolute atomic E-state index is 13.9. The van der Waals surface area contributed by atoms with E-state index in [9.17, 15) is 14.0 Å². The first-order valence-corrected chi connectivity index (χ1v) is 9.87. The zero-order chi connectivity index (χ0) is 22.1. The number of carbonyl (C=O) groups is 2. The predicted octanol–water partition coefficient (Wildman–Crippen LogP) is 4.03. The van der Waals surface area contributed by atoms with Gasteiger partial charge in [-0.25, -0.2) is 9.82 Å². The van der Waals surface area contributed by atoms with Crippen LogP contribution in [0.3, 0.4) is 0 Å². The quantitative estimate of drug-likeness (QED) is 0.296. The van der Waals surface area contributed by atoms with Gasteiger partial charge in [0.25, 0.3) is 0 Å². The number of hydrogen-bond donors (Lipinski definition) is 3. The summed E-state index contributed by atoms with van der Waals surface area (Å²) in [6.45, 7) is 0.324. The number of anilines is 2. The van der Waals surface area contributed by atoms with Gasteiger partial charge in [0.2, 0.25) is 0 Å². The molecule has 0 bridgehead atoms. The van der Waals surface area contributed by atoms with Crippen LogP contribution in [0.2, 0.25) is 5.02 Å². The largest absolute Gasteiger partial charge is 0.353 e. The maximum Gasteiger partial charge on any atom is 0.329 e. The molecule has 0 unspecified atom stereocenters. The molecule has 0 atom stereocenters. The van der Waals surface area contributed by atoms with E-state index in [0.717, 1.165) is 5.56 Å². The highest BCUT2D eigenvalue weighted by Crippen LogP contribution is 2.24. The molecule has 0 aliphatic rings. The molecule has 8 heteroatoms. The highest BCUT2D eigenvalue weighted by atomic mass is 35.5. The molecular formula is C23H20ClFN4O2. The van der Waals surface area contributed by atoms with Gasteiger partial charge in [0.1, 0.15) is 5.82 Å². The summed E-state index contributed by atoms with van der Waals surface area (Å²) in [4.78, 5) is 23.8. The Morgan fingerprint density at radius 1 is 0.935 bits per heavy atom. The van der Waals surface area contributed by atoms with Gasteiger partial charge in [-0.3, -0.25) is 9.59 Å². The molecule has 3 aromatic carbocycles. The summed E-state index contributed by atoms with van der Waals surface area (Å²) in [5.74, 6) is -2.10. The second-order valence-electron chi connectivity index (χ2n) is 6.53. The summed E-state index contributed by atoms with van der Waals surface area (Å²) in [7, 11) is 0. The molecular weight excluding hydrogens is 419 g/mol. The van der Waals surface area contributed by atoms with Crippen molar-refractivity contribution >= 4 is 41.0 Å². The van der Waals surface area contributed by atoms with Gasteiger partial charge in [0.05, 0.1) is 11.9 Å². The summed E-state index contributed by atoms with van der Waals surface area (Å²) in [6.07, 6.45) is 1.93. The molecule has 0 saturated carbocycles. The Morgan fingerprint density at radius 2 is 1.68 bits per heavy atom. The Hall–Kier alpha value is -3.71. The van der Waals surface area contributed by atoms with Crippen LogP contribution in [0, 0.1) is 5.82 Å². The predicted molar refractivity (Wildman–Crippen MR) is 120 cm³/mol. The standard InChI is InChI=1S/C23H20ClFN4O2/c24-18-10-11-20(28-21-9-5-4-8-19(21)25)17(14-18)15-27-29-23(31)22(30)26-13-12-16-6-2-1-3-7-16/h1-11,14-15,28H,12-13H2,(H,26,30)(H,29,31)/b27-15-. The number of rotatable bonds is 7. The van der Waals surface area contributed by atoms with E-state index in [2.05, 4.69) is 21.2 Å². The van der Waals surface area contributed by atoms with Crippen molar-refractivity contribution in [2.75, 3.05) is 11.9 Å². The molecule has 6 nitrogen and oxygen atoms in total. The van der Waals surface area contributed by atoms with E-state index in [0.29, 0.717) is 29.2 Å². The number of nitrogens with zero attached hydrogens (tertiary/aromatic N) is 1. The maximum atomic E-state index is 13.9. The van der Waals surface area contributed by atoms with Gasteiger partial charge in [0.15, 0.2) is 0 Å². The van der Waals surface area contributed by atoms with Gasteiger partial charge in [0, 0.05) is 22.8 Å². The fourth-order valence-electron chi connectivity index (χ4n) is 2.72. The minimum atomic E-state index is -0.894. The summed E-state index contributed by atoms with van der Waals surface area (Å²) < 4.78 is 13.9. The van der Waals surface area contributed by atoms with Crippen LogP contribution in [0.1, 0.15) is 11.1 Å². The molecule has 3 aromatic rings. The van der Waals surface area contributed by atoms with Gasteiger partial charge >= 0.3 is 11.8 Å². The van der Waals surface area contributed by atoms with Crippen LogP contribution in [-0.2, 0) is 16.0 Å². The summed E-state index contributed by atoms with van der Waals surface area (Å²) in [6, 6.07) is 20.7. The highest BCUT2D eigenvalue weighted by Gasteiger charge is 2.12. The zero-order valence-corrected chi connectivity index (χ0v) is 17.2. The third kappa shape index (κ3) is 6.65. The van der Waals surface area contributed by atoms with Crippen LogP contribution in [0.5, 0.6) is 0 Å². The molecule has 31 heavy (non-hydrogen) atoms. The van der Waals surface area contributed by atoms with Crippen molar-refractivity contribution in [3.05, 3.63) is 94.8 Å². The SMILES string of the molecule is O=C(NCCc1ccccc1)C(=O)N/N=C\c1cc(Cl)ccc1Nc1ccccc1F.